The van der Waals surface area contributed by atoms with Gasteiger partial charge in [-0.25, -0.2) is 4.39 Å². The van der Waals surface area contributed by atoms with Crippen LogP contribution in [-0.4, -0.2) is 23.9 Å². The van der Waals surface area contributed by atoms with E-state index in [1.165, 1.54) is 11.0 Å². The van der Waals surface area contributed by atoms with E-state index in [0.29, 0.717) is 5.56 Å². The zero-order valence-corrected chi connectivity index (χ0v) is 11.7. The number of nitrogens with one attached hydrogen (secondary N) is 1. The first-order chi connectivity index (χ1) is 9.23. The Kier molecular flexibility index (Phi) is 3.52. The lowest BCUT2D eigenvalue weighted by molar-refractivity contribution is -0.135. The molecule has 0 radical (unpaired) electrons. The van der Waals surface area contributed by atoms with Crippen molar-refractivity contribution in [2.75, 3.05) is 11.4 Å². The standard InChI is InChI=1S/C14H18FN3O2/c1-8(16)9-4-5-11(10(15)6-9)18-7-12(19)17-13(20)14(18,2)3/h4-6,8H,7,16H2,1-3H3,(H,17,19,20). The lowest BCUT2D eigenvalue weighted by atomic mass is 9.97. The smallest absolute Gasteiger partial charge is 0.251 e. The van der Waals surface area contributed by atoms with Gasteiger partial charge in [-0.3, -0.25) is 14.9 Å². The Balaban J connectivity index is 2.44. The first-order valence-electron chi connectivity index (χ1n) is 6.40. The summed E-state index contributed by atoms with van der Waals surface area (Å²) in [5.41, 5.74) is 5.60. The number of benzene rings is 1. The van der Waals surface area contributed by atoms with Gasteiger partial charge in [-0.15, -0.1) is 0 Å². The summed E-state index contributed by atoms with van der Waals surface area (Å²) >= 11 is 0. The summed E-state index contributed by atoms with van der Waals surface area (Å²) in [5.74, 6) is -1.37. The van der Waals surface area contributed by atoms with Crippen LogP contribution in [0.3, 0.4) is 0 Å². The van der Waals surface area contributed by atoms with Crippen LogP contribution in [0, 0.1) is 5.82 Å². The number of rotatable bonds is 2. The summed E-state index contributed by atoms with van der Waals surface area (Å²) in [6, 6.07) is 4.32. The fraction of sp³-hybridized carbons (Fsp3) is 0.429. The largest absolute Gasteiger partial charge is 0.346 e. The van der Waals surface area contributed by atoms with E-state index in [4.69, 9.17) is 5.73 Å². The predicted octanol–water partition coefficient (Wildman–Crippen LogP) is 1.09. The maximum Gasteiger partial charge on any atom is 0.251 e. The molecule has 2 rings (SSSR count). The second kappa shape index (κ2) is 4.86. The molecule has 0 aromatic heterocycles. The van der Waals surface area contributed by atoms with Gasteiger partial charge in [0.2, 0.25) is 5.91 Å². The molecule has 0 aliphatic carbocycles. The number of hydrogen-bond donors (Lipinski definition) is 2. The summed E-state index contributed by atoms with van der Waals surface area (Å²) in [4.78, 5) is 24.9. The zero-order chi connectivity index (χ0) is 15.1. The first kappa shape index (κ1) is 14.5. The number of piperazine rings is 1. The molecule has 1 aliphatic rings. The van der Waals surface area contributed by atoms with Crippen molar-refractivity contribution in [2.45, 2.75) is 32.4 Å². The second-order valence-electron chi connectivity index (χ2n) is 5.52. The van der Waals surface area contributed by atoms with E-state index in [9.17, 15) is 14.0 Å². The Labute approximate surface area is 116 Å². The number of nitrogens with zero attached hydrogens (tertiary/aromatic N) is 1. The number of nitrogens with two attached hydrogens (primary N) is 1. The van der Waals surface area contributed by atoms with Crippen molar-refractivity contribution < 1.29 is 14.0 Å². The zero-order valence-electron chi connectivity index (χ0n) is 11.7. The Hall–Kier alpha value is -1.95. The molecule has 1 atom stereocenters. The number of imide groups is 1. The van der Waals surface area contributed by atoms with Gasteiger partial charge in [-0.05, 0) is 38.5 Å². The third-order valence-corrected chi connectivity index (χ3v) is 3.57. The third kappa shape index (κ3) is 2.38. The first-order valence-corrected chi connectivity index (χ1v) is 6.40. The average Bonchev–Trinajstić information content (AvgIpc) is 2.34. The number of halogens is 1. The molecule has 1 aromatic rings. The average molecular weight is 279 g/mol. The highest BCUT2D eigenvalue weighted by molar-refractivity contribution is 6.06. The van der Waals surface area contributed by atoms with E-state index in [1.807, 2.05) is 0 Å². The highest BCUT2D eigenvalue weighted by Crippen LogP contribution is 2.30. The molecule has 1 heterocycles. The Bertz CT molecular complexity index is 570. The van der Waals surface area contributed by atoms with Gasteiger partial charge in [0.15, 0.2) is 0 Å². The number of hydrogen-bond acceptors (Lipinski definition) is 4. The van der Waals surface area contributed by atoms with Gasteiger partial charge in [0.05, 0.1) is 12.2 Å². The number of carbonyl (C=O) groups is 2. The van der Waals surface area contributed by atoms with Crippen molar-refractivity contribution in [3.8, 4) is 0 Å². The molecule has 20 heavy (non-hydrogen) atoms. The van der Waals surface area contributed by atoms with Crippen molar-refractivity contribution in [1.82, 2.24) is 5.32 Å². The molecular weight excluding hydrogens is 261 g/mol. The second-order valence-corrected chi connectivity index (χ2v) is 5.52. The normalized spacial score (nSPS) is 19.8. The highest BCUT2D eigenvalue weighted by Gasteiger charge is 2.41. The number of amides is 2. The van der Waals surface area contributed by atoms with E-state index in [0.717, 1.165) is 0 Å². The van der Waals surface area contributed by atoms with Gasteiger partial charge in [-0.1, -0.05) is 6.07 Å². The predicted molar refractivity (Wildman–Crippen MR) is 73.6 cm³/mol. The van der Waals surface area contributed by atoms with Crippen LogP contribution in [0.5, 0.6) is 0 Å². The van der Waals surface area contributed by atoms with E-state index in [2.05, 4.69) is 5.32 Å². The SMILES string of the molecule is CC(N)c1ccc(N2CC(=O)NC(=O)C2(C)C)c(F)c1. The van der Waals surface area contributed by atoms with Gasteiger partial charge in [0.1, 0.15) is 11.4 Å². The van der Waals surface area contributed by atoms with Gasteiger partial charge < -0.3 is 10.6 Å². The van der Waals surface area contributed by atoms with Crippen molar-refractivity contribution >= 4 is 17.5 Å². The maximum atomic E-state index is 14.3. The number of carbonyl (C=O) groups excluding carboxylic acids is 2. The monoisotopic (exact) mass is 279 g/mol. The van der Waals surface area contributed by atoms with Crippen LogP contribution < -0.4 is 16.0 Å². The minimum Gasteiger partial charge on any atom is -0.346 e. The Morgan fingerprint density at radius 1 is 1.40 bits per heavy atom. The minimum atomic E-state index is -0.995. The van der Waals surface area contributed by atoms with E-state index >= 15 is 0 Å². The summed E-state index contributed by atoms with van der Waals surface area (Å²) in [6.07, 6.45) is 0. The fourth-order valence-electron chi connectivity index (χ4n) is 2.19. The molecular formula is C14H18FN3O2. The summed E-state index contributed by atoms with van der Waals surface area (Å²) in [5, 5.41) is 2.26. The third-order valence-electron chi connectivity index (χ3n) is 3.57. The lowest BCUT2D eigenvalue weighted by Crippen LogP contribution is -2.64. The van der Waals surface area contributed by atoms with Crippen molar-refractivity contribution in [3.63, 3.8) is 0 Å². The molecule has 6 heteroatoms. The topological polar surface area (TPSA) is 75.4 Å². The van der Waals surface area contributed by atoms with E-state index < -0.39 is 23.2 Å². The van der Waals surface area contributed by atoms with Crippen LogP contribution in [0.1, 0.15) is 32.4 Å². The molecule has 1 fully saturated rings. The van der Waals surface area contributed by atoms with Crippen LogP contribution in [0.25, 0.3) is 0 Å². The molecule has 108 valence electrons. The van der Waals surface area contributed by atoms with Gasteiger partial charge in [0, 0.05) is 6.04 Å². The van der Waals surface area contributed by atoms with Crippen molar-refractivity contribution in [3.05, 3.63) is 29.6 Å². The quantitative estimate of drug-likeness (QED) is 0.795. The van der Waals surface area contributed by atoms with Crippen LogP contribution in [0.4, 0.5) is 10.1 Å². The minimum absolute atomic E-state index is 0.0623. The van der Waals surface area contributed by atoms with Gasteiger partial charge in [-0.2, -0.15) is 0 Å². The van der Waals surface area contributed by atoms with Crippen LogP contribution in [0.2, 0.25) is 0 Å². The molecule has 1 unspecified atom stereocenters. The Morgan fingerprint density at radius 3 is 2.60 bits per heavy atom. The van der Waals surface area contributed by atoms with Gasteiger partial charge in [0.25, 0.3) is 5.91 Å². The fourth-order valence-corrected chi connectivity index (χ4v) is 2.19. The molecule has 1 saturated heterocycles. The summed E-state index contributed by atoms with van der Waals surface area (Å²) in [6.45, 7) is 4.99. The molecule has 3 N–H and O–H groups in total. The molecule has 0 spiro atoms. The maximum absolute atomic E-state index is 14.3. The van der Waals surface area contributed by atoms with Crippen LogP contribution >= 0.6 is 0 Å². The molecule has 0 bridgehead atoms. The van der Waals surface area contributed by atoms with Crippen molar-refractivity contribution in [1.29, 1.82) is 0 Å². The summed E-state index contributed by atoms with van der Waals surface area (Å²) in [7, 11) is 0. The summed E-state index contributed by atoms with van der Waals surface area (Å²) < 4.78 is 14.3. The number of anilines is 1. The Morgan fingerprint density at radius 2 is 2.05 bits per heavy atom. The lowest BCUT2D eigenvalue weighted by Gasteiger charge is -2.41. The van der Waals surface area contributed by atoms with E-state index in [-0.39, 0.29) is 18.3 Å². The molecule has 1 aliphatic heterocycles. The van der Waals surface area contributed by atoms with Crippen LogP contribution in [0.15, 0.2) is 18.2 Å². The molecule has 2 amide bonds. The highest BCUT2D eigenvalue weighted by atomic mass is 19.1. The van der Waals surface area contributed by atoms with E-state index in [1.54, 1.807) is 32.9 Å². The van der Waals surface area contributed by atoms with Gasteiger partial charge >= 0.3 is 0 Å². The molecule has 1 aromatic carbocycles. The molecule has 0 saturated carbocycles. The van der Waals surface area contributed by atoms with Crippen LogP contribution in [-0.2, 0) is 9.59 Å². The van der Waals surface area contributed by atoms with Crippen molar-refractivity contribution in [2.24, 2.45) is 5.73 Å². The molecule has 5 nitrogen and oxygen atoms in total.